The first-order valence-electron chi connectivity index (χ1n) is 4.95. The molecule has 0 bridgehead atoms. The Labute approximate surface area is 107 Å². The normalized spacial score (nSPS) is 13.8. The summed E-state index contributed by atoms with van der Waals surface area (Å²) in [5, 5.41) is 18.7. The largest absolute Gasteiger partial charge is 0.481 e. The molecular formula is C11H15BrO3S. The van der Waals surface area contributed by atoms with Crippen molar-refractivity contribution in [2.45, 2.75) is 32.8 Å². The molecule has 1 unspecified atom stereocenters. The second kappa shape index (κ2) is 5.29. The maximum Gasteiger partial charge on any atom is 0.303 e. The third-order valence-corrected chi connectivity index (χ3v) is 4.02. The van der Waals surface area contributed by atoms with Crippen LogP contribution in [-0.4, -0.2) is 16.2 Å². The van der Waals surface area contributed by atoms with Crippen LogP contribution in [0.1, 0.15) is 37.7 Å². The Bertz CT molecular complexity index is 373. The minimum absolute atomic E-state index is 0.0661. The standard InChI is InChI=1S/C11H15BrO3S/c1-11(2,6-10(14)15)5-7(13)8-3-4-9(12)16-8/h3-4,7,13H,5-6H2,1-2H3,(H,14,15). The average Bonchev–Trinajstić information content (AvgIpc) is 2.47. The first-order valence-corrected chi connectivity index (χ1v) is 6.56. The molecule has 0 spiro atoms. The van der Waals surface area contributed by atoms with Crippen molar-refractivity contribution in [2.24, 2.45) is 5.41 Å². The van der Waals surface area contributed by atoms with E-state index in [1.54, 1.807) is 0 Å². The van der Waals surface area contributed by atoms with E-state index in [1.165, 1.54) is 11.3 Å². The van der Waals surface area contributed by atoms with Crippen LogP contribution in [0.25, 0.3) is 0 Å². The fraction of sp³-hybridized carbons (Fsp3) is 0.545. The molecule has 1 atom stereocenters. The van der Waals surface area contributed by atoms with E-state index in [0.29, 0.717) is 6.42 Å². The molecule has 0 amide bonds. The third kappa shape index (κ3) is 4.23. The first-order chi connectivity index (χ1) is 7.30. The van der Waals surface area contributed by atoms with Crippen molar-refractivity contribution < 1.29 is 15.0 Å². The minimum atomic E-state index is -0.829. The fourth-order valence-corrected chi connectivity index (χ4v) is 3.02. The average molecular weight is 307 g/mol. The highest BCUT2D eigenvalue weighted by Crippen LogP contribution is 2.36. The number of hydrogen-bond acceptors (Lipinski definition) is 3. The molecular weight excluding hydrogens is 292 g/mol. The van der Waals surface area contributed by atoms with Crippen LogP contribution in [0.4, 0.5) is 0 Å². The van der Waals surface area contributed by atoms with Gasteiger partial charge in [0.25, 0.3) is 0 Å². The smallest absolute Gasteiger partial charge is 0.303 e. The van der Waals surface area contributed by atoms with Gasteiger partial charge in [-0.25, -0.2) is 0 Å². The summed E-state index contributed by atoms with van der Waals surface area (Å²) in [6.07, 6.45) is -0.0753. The van der Waals surface area contributed by atoms with Crippen LogP contribution in [0.5, 0.6) is 0 Å². The number of hydrogen-bond donors (Lipinski definition) is 2. The van der Waals surface area contributed by atoms with E-state index in [-0.39, 0.29) is 6.42 Å². The molecule has 2 N–H and O–H groups in total. The second-order valence-electron chi connectivity index (χ2n) is 4.60. The van der Waals surface area contributed by atoms with E-state index in [9.17, 15) is 9.90 Å². The predicted molar refractivity (Wildman–Crippen MR) is 67.6 cm³/mol. The Kier molecular flexibility index (Phi) is 4.52. The summed E-state index contributed by atoms with van der Waals surface area (Å²) >= 11 is 4.81. The second-order valence-corrected chi connectivity index (χ2v) is 7.09. The molecule has 1 rings (SSSR count). The zero-order valence-electron chi connectivity index (χ0n) is 9.24. The molecule has 90 valence electrons. The van der Waals surface area contributed by atoms with Gasteiger partial charge in [-0.2, -0.15) is 0 Å². The van der Waals surface area contributed by atoms with Crippen LogP contribution >= 0.6 is 27.3 Å². The molecule has 1 aromatic heterocycles. The van der Waals surface area contributed by atoms with Crippen molar-refractivity contribution in [3.05, 3.63) is 20.8 Å². The van der Waals surface area contributed by atoms with Gasteiger partial charge in [-0.1, -0.05) is 13.8 Å². The van der Waals surface area contributed by atoms with Gasteiger partial charge in [0, 0.05) is 4.88 Å². The number of carboxylic acids is 1. The quantitative estimate of drug-likeness (QED) is 0.876. The molecule has 1 aromatic rings. The number of carbonyl (C=O) groups is 1. The van der Waals surface area contributed by atoms with Crippen molar-refractivity contribution in [3.8, 4) is 0 Å². The first kappa shape index (κ1) is 13.7. The number of aliphatic hydroxyl groups excluding tert-OH is 1. The van der Waals surface area contributed by atoms with E-state index < -0.39 is 17.5 Å². The highest BCUT2D eigenvalue weighted by atomic mass is 79.9. The topological polar surface area (TPSA) is 57.5 Å². The van der Waals surface area contributed by atoms with E-state index in [4.69, 9.17) is 5.11 Å². The molecule has 3 nitrogen and oxygen atoms in total. The van der Waals surface area contributed by atoms with Crippen LogP contribution in [0.3, 0.4) is 0 Å². The van der Waals surface area contributed by atoms with Crippen molar-refractivity contribution >= 4 is 33.2 Å². The van der Waals surface area contributed by atoms with E-state index in [1.807, 2.05) is 26.0 Å². The van der Waals surface area contributed by atoms with Gasteiger partial charge in [-0.3, -0.25) is 4.79 Å². The van der Waals surface area contributed by atoms with Gasteiger partial charge in [-0.05, 0) is 39.9 Å². The van der Waals surface area contributed by atoms with Gasteiger partial charge in [0.05, 0.1) is 16.3 Å². The highest BCUT2D eigenvalue weighted by molar-refractivity contribution is 9.11. The summed E-state index contributed by atoms with van der Waals surface area (Å²) in [6.45, 7) is 3.71. The molecule has 16 heavy (non-hydrogen) atoms. The molecule has 0 fully saturated rings. The molecule has 0 saturated carbocycles. The predicted octanol–water partition coefficient (Wildman–Crippen LogP) is 3.44. The lowest BCUT2D eigenvalue weighted by Gasteiger charge is -2.24. The molecule has 0 aromatic carbocycles. The van der Waals surface area contributed by atoms with Gasteiger partial charge in [0.1, 0.15) is 0 Å². The number of rotatable bonds is 5. The minimum Gasteiger partial charge on any atom is -0.481 e. The van der Waals surface area contributed by atoms with E-state index in [0.717, 1.165) is 8.66 Å². The van der Waals surface area contributed by atoms with Crippen LogP contribution in [0.15, 0.2) is 15.9 Å². The number of carboxylic acid groups (broad SMARTS) is 1. The van der Waals surface area contributed by atoms with Gasteiger partial charge in [-0.15, -0.1) is 11.3 Å². The fourth-order valence-electron chi connectivity index (χ4n) is 1.61. The van der Waals surface area contributed by atoms with Crippen LogP contribution in [0.2, 0.25) is 0 Å². The van der Waals surface area contributed by atoms with Crippen LogP contribution in [-0.2, 0) is 4.79 Å². The molecule has 0 radical (unpaired) electrons. The molecule has 1 heterocycles. The van der Waals surface area contributed by atoms with Crippen LogP contribution < -0.4 is 0 Å². The molecule has 0 aliphatic carbocycles. The summed E-state index contributed by atoms with van der Waals surface area (Å²) in [7, 11) is 0. The SMILES string of the molecule is CC(C)(CC(=O)O)CC(O)c1ccc(Br)s1. The molecule has 0 saturated heterocycles. The van der Waals surface area contributed by atoms with Gasteiger partial charge in [0.2, 0.25) is 0 Å². The summed E-state index contributed by atoms with van der Waals surface area (Å²) in [5.74, 6) is -0.829. The Morgan fingerprint density at radius 3 is 2.62 bits per heavy atom. The van der Waals surface area contributed by atoms with Gasteiger partial charge in [0.15, 0.2) is 0 Å². The molecule has 5 heteroatoms. The lowest BCUT2D eigenvalue weighted by Crippen LogP contribution is -2.19. The summed E-state index contributed by atoms with van der Waals surface area (Å²) in [4.78, 5) is 11.5. The van der Waals surface area contributed by atoms with Gasteiger partial charge >= 0.3 is 5.97 Å². The van der Waals surface area contributed by atoms with Crippen LogP contribution in [0, 0.1) is 5.41 Å². The van der Waals surface area contributed by atoms with Crippen molar-refractivity contribution in [1.82, 2.24) is 0 Å². The van der Waals surface area contributed by atoms with Crippen molar-refractivity contribution in [3.63, 3.8) is 0 Å². The summed E-state index contributed by atoms with van der Waals surface area (Å²) < 4.78 is 0.970. The van der Waals surface area contributed by atoms with Gasteiger partial charge < -0.3 is 10.2 Å². The maximum absolute atomic E-state index is 10.7. The van der Waals surface area contributed by atoms with E-state index >= 15 is 0 Å². The maximum atomic E-state index is 10.7. The molecule has 0 aliphatic rings. The van der Waals surface area contributed by atoms with E-state index in [2.05, 4.69) is 15.9 Å². The number of halogens is 1. The monoisotopic (exact) mass is 306 g/mol. The number of aliphatic carboxylic acids is 1. The number of thiophene rings is 1. The highest BCUT2D eigenvalue weighted by Gasteiger charge is 2.26. The molecule has 0 aliphatic heterocycles. The Morgan fingerprint density at radius 1 is 1.56 bits per heavy atom. The van der Waals surface area contributed by atoms with Crippen molar-refractivity contribution in [1.29, 1.82) is 0 Å². The summed E-state index contributed by atoms with van der Waals surface area (Å²) in [5.41, 5.74) is -0.401. The number of aliphatic hydroxyl groups is 1. The summed E-state index contributed by atoms with van der Waals surface area (Å²) in [6, 6.07) is 3.74. The third-order valence-electron chi connectivity index (χ3n) is 2.30. The lowest BCUT2D eigenvalue weighted by atomic mass is 9.83. The Morgan fingerprint density at radius 2 is 2.19 bits per heavy atom. The zero-order chi connectivity index (χ0) is 12.3. The van der Waals surface area contributed by atoms with Crippen molar-refractivity contribution in [2.75, 3.05) is 0 Å². The lowest BCUT2D eigenvalue weighted by molar-refractivity contribution is -0.139. The zero-order valence-corrected chi connectivity index (χ0v) is 11.6. The Balaban J connectivity index is 2.63. The Hall–Kier alpha value is -0.390.